The van der Waals surface area contributed by atoms with Gasteiger partial charge in [0.1, 0.15) is 18.4 Å². The number of hydrogen-bond donors (Lipinski definition) is 3. The van der Waals surface area contributed by atoms with Gasteiger partial charge in [0.25, 0.3) is 0 Å². The molecule has 0 aliphatic carbocycles. The third-order valence-electron chi connectivity index (χ3n) is 6.98. The van der Waals surface area contributed by atoms with E-state index in [0.29, 0.717) is 32.7 Å². The number of benzene rings is 4. The number of anilines is 1. The second-order valence-corrected chi connectivity index (χ2v) is 11.6. The summed E-state index contributed by atoms with van der Waals surface area (Å²) in [5.41, 5.74) is 14.0. The number of nitrogens with two attached hydrogens (primary N) is 1. The molecule has 4 N–H and O–H groups in total. The summed E-state index contributed by atoms with van der Waals surface area (Å²) < 4.78 is 7.43. The van der Waals surface area contributed by atoms with E-state index in [1.807, 2.05) is 30.3 Å². The van der Waals surface area contributed by atoms with Crippen LogP contribution < -0.4 is 15.8 Å². The molecule has 4 aromatic rings. The molecule has 0 aliphatic rings. The Hall–Kier alpha value is -3.40. The molecule has 214 valence electrons. The van der Waals surface area contributed by atoms with Crippen molar-refractivity contribution in [2.24, 2.45) is 5.73 Å². The normalized spacial score (nSPS) is 11.8. The van der Waals surface area contributed by atoms with Gasteiger partial charge in [-0.3, -0.25) is 9.69 Å². The average Bonchev–Trinajstić information content (AvgIpc) is 2.95. The van der Waals surface area contributed by atoms with Crippen LogP contribution in [-0.2, 0) is 31.0 Å². The van der Waals surface area contributed by atoms with Crippen LogP contribution in [0.1, 0.15) is 39.8 Å². The molecule has 0 amide bonds. The fourth-order valence-electron chi connectivity index (χ4n) is 4.76. The molecule has 1 atom stereocenters. The van der Waals surface area contributed by atoms with Crippen LogP contribution in [0, 0.1) is 17.4 Å². The van der Waals surface area contributed by atoms with Gasteiger partial charge in [0, 0.05) is 41.0 Å². The van der Waals surface area contributed by atoms with E-state index in [1.54, 1.807) is 0 Å². The van der Waals surface area contributed by atoms with Crippen LogP contribution in [0.3, 0.4) is 0 Å². The lowest BCUT2D eigenvalue weighted by atomic mass is 10.1. The van der Waals surface area contributed by atoms with Crippen molar-refractivity contribution in [1.82, 2.24) is 4.90 Å². The van der Waals surface area contributed by atoms with Gasteiger partial charge in [0.2, 0.25) is 0 Å². The Morgan fingerprint density at radius 3 is 2.34 bits per heavy atom. The fourth-order valence-corrected chi connectivity index (χ4v) is 5.41. The molecule has 0 radical (unpaired) electrons. The highest BCUT2D eigenvalue weighted by Gasteiger charge is 2.19. The van der Waals surface area contributed by atoms with E-state index in [1.165, 1.54) is 16.7 Å². The first kappa shape index (κ1) is 30.6. The van der Waals surface area contributed by atoms with Crippen molar-refractivity contribution in [1.29, 1.82) is 0 Å². The third-order valence-corrected chi connectivity index (χ3v) is 8.00. The lowest BCUT2D eigenvalue weighted by Crippen LogP contribution is -2.35. The van der Waals surface area contributed by atoms with E-state index in [9.17, 15) is 9.90 Å². The molecule has 0 heterocycles. The largest absolute Gasteiger partial charge is 0.489 e. The molecule has 6 nitrogen and oxygen atoms in total. The molecule has 0 bridgehead atoms. The van der Waals surface area contributed by atoms with Crippen molar-refractivity contribution < 1.29 is 14.6 Å². The number of halogens is 1. The van der Waals surface area contributed by atoms with Crippen LogP contribution in [0.15, 0.2) is 91.0 Å². The van der Waals surface area contributed by atoms with Gasteiger partial charge in [0.05, 0.1) is 0 Å². The molecule has 4 aromatic carbocycles. The quantitative estimate of drug-likeness (QED) is 0.127. The molecular weight excluding hydrogens is 625 g/mol. The first-order valence-corrected chi connectivity index (χ1v) is 14.9. The Morgan fingerprint density at radius 1 is 0.927 bits per heavy atom. The van der Waals surface area contributed by atoms with Gasteiger partial charge in [-0.15, -0.1) is 0 Å². The minimum Gasteiger partial charge on any atom is -0.489 e. The zero-order valence-electron chi connectivity index (χ0n) is 23.6. The van der Waals surface area contributed by atoms with E-state index in [2.05, 4.69) is 107 Å². The van der Waals surface area contributed by atoms with E-state index in [4.69, 9.17) is 10.5 Å². The Labute approximate surface area is 256 Å². The number of para-hydroxylation sites is 1. The van der Waals surface area contributed by atoms with Crippen LogP contribution >= 0.6 is 22.6 Å². The lowest BCUT2D eigenvalue weighted by molar-refractivity contribution is -0.138. The van der Waals surface area contributed by atoms with E-state index >= 15 is 0 Å². The standard InChI is InChI=1S/C34H38IN3O3/c1-24-8-5-10-26(18-24)20-37-32-14-4-3-12-28(32)21-38(17-16-31(36)34(39)40)22-29-30(35)13-7-15-33(29)41-23-27-11-6-9-25(2)19-27/h3-15,18-19,31,37H,16-17,20-23,36H2,1-2H3,(H,39,40)/t31-/m0/s1. The number of nitrogens with zero attached hydrogens (tertiary/aromatic N) is 1. The summed E-state index contributed by atoms with van der Waals surface area (Å²) in [6.45, 7) is 7.13. The van der Waals surface area contributed by atoms with Gasteiger partial charge >= 0.3 is 5.97 Å². The van der Waals surface area contributed by atoms with Gasteiger partial charge in [-0.2, -0.15) is 0 Å². The zero-order chi connectivity index (χ0) is 29.2. The Bertz CT molecular complexity index is 1460. The van der Waals surface area contributed by atoms with Crippen molar-refractivity contribution in [3.63, 3.8) is 0 Å². The number of carbonyl (C=O) groups is 1. The number of aryl methyl sites for hydroxylation is 2. The fraction of sp³-hybridized carbons (Fsp3) is 0.265. The summed E-state index contributed by atoms with van der Waals surface area (Å²) in [6, 6.07) is 30.3. The smallest absolute Gasteiger partial charge is 0.320 e. The highest BCUT2D eigenvalue weighted by atomic mass is 127. The van der Waals surface area contributed by atoms with Crippen LogP contribution in [-0.4, -0.2) is 28.6 Å². The Kier molecular flexibility index (Phi) is 11.2. The van der Waals surface area contributed by atoms with Crippen molar-refractivity contribution in [3.8, 4) is 5.75 Å². The van der Waals surface area contributed by atoms with Crippen LogP contribution in [0.4, 0.5) is 5.69 Å². The molecule has 0 spiro atoms. The molecule has 0 fully saturated rings. The summed E-state index contributed by atoms with van der Waals surface area (Å²) in [5.74, 6) is -0.154. The second kappa shape index (κ2) is 15.0. The molecule has 0 saturated carbocycles. The molecule has 7 heteroatoms. The molecule has 41 heavy (non-hydrogen) atoms. The van der Waals surface area contributed by atoms with E-state index in [0.717, 1.165) is 38.2 Å². The minimum atomic E-state index is -0.985. The van der Waals surface area contributed by atoms with Crippen LogP contribution in [0.5, 0.6) is 5.75 Å². The topological polar surface area (TPSA) is 87.8 Å². The number of ether oxygens (including phenoxy) is 1. The zero-order valence-corrected chi connectivity index (χ0v) is 25.8. The monoisotopic (exact) mass is 663 g/mol. The molecule has 0 saturated heterocycles. The summed E-state index contributed by atoms with van der Waals surface area (Å²) in [4.78, 5) is 13.8. The average molecular weight is 664 g/mol. The van der Waals surface area contributed by atoms with Gasteiger partial charge in [-0.05, 0) is 77.7 Å². The number of rotatable bonds is 14. The second-order valence-electron chi connectivity index (χ2n) is 10.4. The maximum atomic E-state index is 11.5. The Balaban J connectivity index is 1.55. The lowest BCUT2D eigenvalue weighted by Gasteiger charge is -2.26. The predicted octanol–water partition coefficient (Wildman–Crippen LogP) is 6.90. The summed E-state index contributed by atoms with van der Waals surface area (Å²) in [5, 5.41) is 13.0. The SMILES string of the molecule is Cc1cccc(CNc2ccccc2CN(CC[C@H](N)C(=O)O)Cc2c(I)cccc2OCc2cccc(C)c2)c1. The van der Waals surface area contributed by atoms with Crippen LogP contribution in [0.2, 0.25) is 0 Å². The Morgan fingerprint density at radius 2 is 1.61 bits per heavy atom. The van der Waals surface area contributed by atoms with E-state index in [-0.39, 0.29) is 0 Å². The molecule has 4 rings (SSSR count). The van der Waals surface area contributed by atoms with Crippen molar-refractivity contribution >= 4 is 34.2 Å². The van der Waals surface area contributed by atoms with Crippen LogP contribution in [0.25, 0.3) is 0 Å². The molecular formula is C34H38IN3O3. The van der Waals surface area contributed by atoms with Gasteiger partial charge < -0.3 is 20.9 Å². The molecule has 0 unspecified atom stereocenters. The predicted molar refractivity (Wildman–Crippen MR) is 174 cm³/mol. The summed E-state index contributed by atoms with van der Waals surface area (Å²) in [6.07, 6.45) is 0.344. The maximum Gasteiger partial charge on any atom is 0.320 e. The third kappa shape index (κ3) is 9.31. The molecule has 0 aromatic heterocycles. The number of carboxylic acid groups (broad SMARTS) is 1. The number of aliphatic carboxylic acids is 1. The highest BCUT2D eigenvalue weighted by Crippen LogP contribution is 2.28. The summed E-state index contributed by atoms with van der Waals surface area (Å²) in [7, 11) is 0. The number of carboxylic acids is 1. The maximum absolute atomic E-state index is 11.5. The van der Waals surface area contributed by atoms with Crippen molar-refractivity contribution in [2.75, 3.05) is 11.9 Å². The van der Waals surface area contributed by atoms with Gasteiger partial charge in [-0.25, -0.2) is 0 Å². The van der Waals surface area contributed by atoms with Gasteiger partial charge in [0.15, 0.2) is 0 Å². The minimum absolute atomic E-state index is 0.344. The first-order valence-electron chi connectivity index (χ1n) is 13.8. The molecule has 0 aliphatic heterocycles. The van der Waals surface area contributed by atoms with Crippen molar-refractivity contribution in [2.45, 2.75) is 52.6 Å². The first-order chi connectivity index (χ1) is 19.8. The summed E-state index contributed by atoms with van der Waals surface area (Å²) >= 11 is 2.35. The number of hydrogen-bond acceptors (Lipinski definition) is 5. The van der Waals surface area contributed by atoms with Crippen molar-refractivity contribution in [3.05, 3.63) is 128 Å². The highest BCUT2D eigenvalue weighted by molar-refractivity contribution is 14.1. The number of nitrogens with one attached hydrogen (secondary N) is 1. The van der Waals surface area contributed by atoms with Gasteiger partial charge in [-0.1, -0.05) is 83.9 Å². The van der Waals surface area contributed by atoms with E-state index < -0.39 is 12.0 Å².